The second-order valence-electron chi connectivity index (χ2n) is 2.27. The Hall–Kier alpha value is -0.500. The molecule has 0 aliphatic heterocycles. The number of carbonyl (C=O) groups is 2. The van der Waals surface area contributed by atoms with Gasteiger partial charge < -0.3 is 4.98 Å². The molecule has 4 nitrogen and oxygen atoms in total. The van der Waals surface area contributed by atoms with E-state index in [0.29, 0.717) is 12.0 Å². The largest absolute Gasteiger partial charge is 0.367 e. The second-order valence-corrected chi connectivity index (χ2v) is 4.06. The van der Waals surface area contributed by atoms with Crippen LogP contribution < -0.4 is 0 Å². The molecule has 6 heteroatoms. The number of nitrogens with zero attached hydrogens (tertiary/aromatic N) is 1. The molecule has 0 atom stereocenters. The van der Waals surface area contributed by atoms with Crippen molar-refractivity contribution in [2.24, 2.45) is 0 Å². The van der Waals surface area contributed by atoms with Crippen LogP contribution in [0.1, 0.15) is 10.4 Å². The predicted molar refractivity (Wildman–Crippen MR) is 59.5 cm³/mol. The zero-order chi connectivity index (χ0) is 9.68. The number of rotatable bonds is 5. The third kappa shape index (κ3) is 3.03. The first-order valence-electron chi connectivity index (χ1n) is 3.44. The van der Waals surface area contributed by atoms with Gasteiger partial charge in [-0.25, -0.2) is 0 Å². The highest BCUT2D eigenvalue weighted by atomic mass is 127. The van der Waals surface area contributed by atoms with Crippen LogP contribution in [0, 0.1) is 0 Å². The lowest BCUT2D eigenvalue weighted by atomic mass is 10.2. The first-order chi connectivity index (χ1) is 6.27. The summed E-state index contributed by atoms with van der Waals surface area (Å²) in [5, 5.41) is 0. The van der Waals surface area contributed by atoms with Crippen LogP contribution in [-0.4, -0.2) is 28.0 Å². The highest BCUT2D eigenvalue weighted by Gasteiger charge is 2.10. The molecule has 13 heavy (non-hydrogen) atoms. The summed E-state index contributed by atoms with van der Waals surface area (Å²) in [5.74, 6) is -0.0717. The fourth-order valence-electron chi connectivity index (χ4n) is 0.808. The van der Waals surface area contributed by atoms with E-state index < -0.39 is 0 Å². The van der Waals surface area contributed by atoms with Gasteiger partial charge in [0.25, 0.3) is 0 Å². The summed E-state index contributed by atoms with van der Waals surface area (Å²) in [6, 6.07) is 1.68. The Balaban J connectivity index is 2.55. The summed E-state index contributed by atoms with van der Waals surface area (Å²) in [6.45, 7) is 0.106. The smallest absolute Gasteiger partial charge is 0.220 e. The molecule has 0 aliphatic carbocycles. The van der Waals surface area contributed by atoms with Gasteiger partial charge in [0.2, 0.25) is 6.41 Å². The zero-order valence-electron chi connectivity index (χ0n) is 6.57. The number of Topliss-reactive ketones (excluding diaryl/α,β-unsaturated/α-hetero) is 1. The Morgan fingerprint density at radius 2 is 2.54 bits per heavy atom. The van der Waals surface area contributed by atoms with E-state index in [4.69, 9.17) is 0 Å². The lowest BCUT2D eigenvalue weighted by Crippen LogP contribution is -2.20. The van der Waals surface area contributed by atoms with Crippen LogP contribution >= 0.6 is 30.3 Å². The quantitative estimate of drug-likeness (QED) is 0.389. The van der Waals surface area contributed by atoms with Crippen LogP contribution in [0.5, 0.6) is 0 Å². The monoisotopic (exact) mass is 310 g/mol. The molecule has 1 N–H and O–H groups in total. The van der Waals surface area contributed by atoms with E-state index in [1.54, 1.807) is 18.5 Å². The molecule has 0 spiro atoms. The summed E-state index contributed by atoms with van der Waals surface area (Å²) in [7, 11) is 1.20. The fraction of sp³-hybridized carbons (Fsp3) is 0.143. The van der Waals surface area contributed by atoms with Gasteiger partial charge in [-0.2, -0.15) is 0 Å². The van der Waals surface area contributed by atoms with Gasteiger partial charge in [0.05, 0.1) is 6.54 Å². The normalized spacial score (nSPS) is 9.62. The van der Waals surface area contributed by atoms with Crippen LogP contribution in [0.25, 0.3) is 0 Å². The van der Waals surface area contributed by atoms with Gasteiger partial charge in [-0.1, -0.05) is 0 Å². The van der Waals surface area contributed by atoms with E-state index in [1.165, 1.54) is 13.4 Å². The Kier molecular flexibility index (Phi) is 4.29. The van der Waals surface area contributed by atoms with Crippen LogP contribution in [0.2, 0.25) is 0 Å². The van der Waals surface area contributed by atoms with Crippen LogP contribution in [0.3, 0.4) is 0 Å². The molecule has 1 aromatic rings. The average Bonchev–Trinajstić information content (AvgIpc) is 2.66. The van der Waals surface area contributed by atoms with E-state index in [-0.39, 0.29) is 12.3 Å². The van der Waals surface area contributed by atoms with Gasteiger partial charge in [-0.15, -0.1) is 0 Å². The standard InChI is InChI=1S/C7H7IN2O2S/c8-13-10(5-11)4-7(12)6-1-2-9-3-6/h1-3,5,9H,4H2. The van der Waals surface area contributed by atoms with Gasteiger partial charge >= 0.3 is 0 Å². The van der Waals surface area contributed by atoms with Crippen molar-refractivity contribution in [1.82, 2.24) is 9.29 Å². The zero-order valence-corrected chi connectivity index (χ0v) is 9.54. The molecule has 0 saturated heterocycles. The molecule has 1 rings (SSSR count). The summed E-state index contributed by atoms with van der Waals surface area (Å²) in [4.78, 5) is 24.6. The minimum absolute atomic E-state index is 0.0717. The molecule has 70 valence electrons. The van der Waals surface area contributed by atoms with Crippen molar-refractivity contribution < 1.29 is 9.59 Å². The van der Waals surface area contributed by atoms with Crippen molar-refractivity contribution >= 4 is 42.5 Å². The molecule has 1 amide bonds. The average molecular weight is 310 g/mol. The van der Waals surface area contributed by atoms with E-state index >= 15 is 0 Å². The molecular formula is C7H7IN2O2S. The van der Waals surface area contributed by atoms with Gasteiger partial charge in [0, 0.05) is 48.3 Å². The number of ketones is 1. The molecular weight excluding hydrogens is 303 g/mol. The molecule has 0 unspecified atom stereocenters. The Bertz CT molecular complexity index is 289. The highest BCUT2D eigenvalue weighted by molar-refractivity contribution is 14.2. The molecule has 0 saturated carbocycles. The first-order valence-corrected chi connectivity index (χ1v) is 6.76. The van der Waals surface area contributed by atoms with Gasteiger partial charge in [0.15, 0.2) is 5.78 Å². The van der Waals surface area contributed by atoms with Crippen molar-refractivity contribution in [3.8, 4) is 0 Å². The molecule has 0 bridgehead atoms. The maximum Gasteiger partial charge on any atom is 0.220 e. The van der Waals surface area contributed by atoms with E-state index in [0.717, 1.165) is 0 Å². The molecule has 0 radical (unpaired) electrons. The van der Waals surface area contributed by atoms with Crippen molar-refractivity contribution in [3.63, 3.8) is 0 Å². The molecule has 0 aliphatic rings. The number of hydrogen-bond donors (Lipinski definition) is 1. The number of carbonyl (C=O) groups excluding carboxylic acids is 2. The number of H-pyrrole nitrogens is 1. The maximum absolute atomic E-state index is 11.4. The van der Waals surface area contributed by atoms with Crippen LogP contribution in [-0.2, 0) is 4.79 Å². The fourth-order valence-corrected chi connectivity index (χ4v) is 1.70. The predicted octanol–water partition coefficient (Wildman–Crippen LogP) is 1.65. The number of aromatic nitrogens is 1. The molecule has 0 fully saturated rings. The maximum atomic E-state index is 11.4. The SMILES string of the molecule is O=CN(CC(=O)c1cc[nH]c1)SI. The van der Waals surface area contributed by atoms with E-state index in [9.17, 15) is 9.59 Å². The van der Waals surface area contributed by atoms with E-state index in [2.05, 4.69) is 4.98 Å². The highest BCUT2D eigenvalue weighted by Crippen LogP contribution is 2.16. The van der Waals surface area contributed by atoms with Crippen molar-refractivity contribution in [1.29, 1.82) is 0 Å². The van der Waals surface area contributed by atoms with E-state index in [1.807, 2.05) is 21.2 Å². The molecule has 1 heterocycles. The molecule has 0 aromatic carbocycles. The van der Waals surface area contributed by atoms with Crippen molar-refractivity contribution in [2.45, 2.75) is 0 Å². The number of aromatic amines is 1. The topological polar surface area (TPSA) is 53.2 Å². The third-order valence-electron chi connectivity index (χ3n) is 1.43. The second kappa shape index (κ2) is 5.28. The summed E-state index contributed by atoms with van der Waals surface area (Å²) < 4.78 is 1.33. The van der Waals surface area contributed by atoms with Crippen molar-refractivity contribution in [2.75, 3.05) is 6.54 Å². The number of hydrogen-bond acceptors (Lipinski definition) is 3. The van der Waals surface area contributed by atoms with Gasteiger partial charge in [-0.05, 0) is 6.07 Å². The van der Waals surface area contributed by atoms with Crippen LogP contribution in [0.4, 0.5) is 0 Å². The lowest BCUT2D eigenvalue weighted by Gasteiger charge is -2.09. The third-order valence-corrected chi connectivity index (χ3v) is 3.34. The summed E-state index contributed by atoms with van der Waals surface area (Å²) >= 11 is 1.95. The summed E-state index contributed by atoms with van der Waals surface area (Å²) in [6.07, 6.45) is 3.93. The molecule has 1 aromatic heterocycles. The van der Waals surface area contributed by atoms with Gasteiger partial charge in [-0.3, -0.25) is 13.9 Å². The summed E-state index contributed by atoms with van der Waals surface area (Å²) in [5.41, 5.74) is 0.595. The van der Waals surface area contributed by atoms with Gasteiger partial charge in [0.1, 0.15) is 0 Å². The number of nitrogens with one attached hydrogen (secondary N) is 1. The van der Waals surface area contributed by atoms with Crippen LogP contribution in [0.15, 0.2) is 18.5 Å². The Morgan fingerprint density at radius 1 is 1.77 bits per heavy atom. The first kappa shape index (κ1) is 10.6. The number of halogens is 1. The minimum Gasteiger partial charge on any atom is -0.367 e. The number of amides is 1. The minimum atomic E-state index is -0.0717. The Morgan fingerprint density at radius 3 is 3.00 bits per heavy atom. The Labute approximate surface area is 91.8 Å². The van der Waals surface area contributed by atoms with Crippen molar-refractivity contribution in [3.05, 3.63) is 24.0 Å². The lowest BCUT2D eigenvalue weighted by molar-refractivity contribution is -0.113.